The Balaban J connectivity index is 1.42. The van der Waals surface area contributed by atoms with Crippen molar-refractivity contribution in [2.75, 3.05) is 0 Å². The van der Waals surface area contributed by atoms with Gasteiger partial charge in [-0.15, -0.1) is 22.7 Å². The van der Waals surface area contributed by atoms with E-state index in [9.17, 15) is 0 Å². The Morgan fingerprint density at radius 2 is 0.623 bits per heavy atom. The Kier molecular flexibility index (Phi) is 13.2. The van der Waals surface area contributed by atoms with E-state index in [0.717, 1.165) is 6.42 Å². The zero-order valence-corrected chi connectivity index (χ0v) is 44.7. The minimum atomic E-state index is -0.162. The second-order valence-electron chi connectivity index (χ2n) is 21.0. The van der Waals surface area contributed by atoms with Gasteiger partial charge in [-0.05, 0) is 155 Å². The molecule has 0 unspecified atom stereocenters. The van der Waals surface area contributed by atoms with E-state index in [1.54, 1.807) is 0 Å². The van der Waals surface area contributed by atoms with E-state index in [-0.39, 0.29) is 10.8 Å². The van der Waals surface area contributed by atoms with E-state index in [0.29, 0.717) is 5.92 Å². The molecule has 2 heteroatoms. The van der Waals surface area contributed by atoms with E-state index in [2.05, 4.69) is 248 Å². The van der Waals surface area contributed by atoms with Gasteiger partial charge in [-0.3, -0.25) is 0 Å². The van der Waals surface area contributed by atoms with Gasteiger partial charge in [-0.1, -0.05) is 216 Å². The molecule has 0 spiro atoms. The first-order chi connectivity index (χ1) is 33.0. The van der Waals surface area contributed by atoms with Crippen LogP contribution in [0.4, 0.5) is 0 Å². The Morgan fingerprint density at radius 3 is 0.870 bits per heavy atom. The molecular formula is C67H68S2. The highest BCUT2D eigenvalue weighted by molar-refractivity contribution is 7.12. The van der Waals surface area contributed by atoms with E-state index >= 15 is 0 Å². The van der Waals surface area contributed by atoms with Gasteiger partial charge in [0, 0.05) is 30.3 Å². The monoisotopic (exact) mass is 936 g/mol. The molecule has 0 atom stereocenters. The maximum atomic E-state index is 2.42. The topological polar surface area (TPSA) is 0 Å². The fourth-order valence-corrected chi connectivity index (χ4v) is 13.0. The van der Waals surface area contributed by atoms with Gasteiger partial charge < -0.3 is 0 Å². The Hall–Kier alpha value is -6.06. The Bertz CT molecular complexity index is 3140. The molecule has 2 heterocycles. The summed E-state index contributed by atoms with van der Waals surface area (Å²) < 4.78 is 0. The van der Waals surface area contributed by atoms with Crippen LogP contribution in [0.1, 0.15) is 118 Å². The molecule has 0 radical (unpaired) electrons. The average molecular weight is 937 g/mol. The second-order valence-corrected chi connectivity index (χ2v) is 23.2. The summed E-state index contributed by atoms with van der Waals surface area (Å²) >= 11 is 3.94. The molecule has 0 saturated carbocycles. The minimum Gasteiger partial charge on any atom is -0.144 e. The summed E-state index contributed by atoms with van der Waals surface area (Å²) in [4.78, 5) is 5.78. The maximum Gasteiger partial charge on any atom is 0.0243 e. The number of benzene rings is 7. The number of rotatable bonds is 12. The molecule has 0 aliphatic heterocycles. The summed E-state index contributed by atoms with van der Waals surface area (Å²) in [5, 5.41) is 0. The molecule has 0 amide bonds. The standard InChI is InChI=1S/C67H68S2/c1-14-56-39-46(8)64(68-56)66(10,11)54-35-31-52(32-36-54)62-58(48-23-15-42(4)16-24-48)60(50-27-19-44(6)20-28-50)63(61(51-29-21-45(7)22-30-51)59(62)49-25-17-43(5)18-26-49)53-33-37-55(38-34-53)67(12,13)65-47(9)40-57(69-65)41(2)3/h15-41H,14H2,1-13H3. The van der Waals surface area contributed by atoms with Gasteiger partial charge in [0.05, 0.1) is 0 Å². The van der Waals surface area contributed by atoms with Crippen LogP contribution in [0.2, 0.25) is 0 Å². The number of aryl methyl sites for hydroxylation is 7. The van der Waals surface area contributed by atoms with Crippen molar-refractivity contribution in [1.82, 2.24) is 0 Å². The highest BCUT2D eigenvalue weighted by atomic mass is 32.1. The molecule has 0 aliphatic carbocycles. The highest BCUT2D eigenvalue weighted by Gasteiger charge is 2.32. The molecule has 0 N–H and O–H groups in total. The van der Waals surface area contributed by atoms with Crippen LogP contribution < -0.4 is 0 Å². The normalized spacial score (nSPS) is 12.0. The van der Waals surface area contributed by atoms with E-state index in [1.165, 1.54) is 131 Å². The fourth-order valence-electron chi connectivity index (χ4n) is 10.5. The quantitative estimate of drug-likeness (QED) is 0.115. The number of hydrogen-bond donors (Lipinski definition) is 0. The van der Waals surface area contributed by atoms with Crippen LogP contribution in [0.3, 0.4) is 0 Å². The van der Waals surface area contributed by atoms with Gasteiger partial charge in [0.15, 0.2) is 0 Å². The van der Waals surface area contributed by atoms with E-state index in [1.807, 2.05) is 22.7 Å². The lowest BCUT2D eigenvalue weighted by molar-refractivity contribution is 0.651. The van der Waals surface area contributed by atoms with Gasteiger partial charge >= 0.3 is 0 Å². The lowest BCUT2D eigenvalue weighted by Gasteiger charge is -2.30. The zero-order chi connectivity index (χ0) is 48.9. The van der Waals surface area contributed by atoms with Crippen molar-refractivity contribution in [2.24, 2.45) is 0 Å². The van der Waals surface area contributed by atoms with Crippen molar-refractivity contribution in [3.63, 3.8) is 0 Å². The Labute approximate surface area is 421 Å². The SMILES string of the molecule is CCc1cc(C)c(C(C)(C)c2ccc(-c3c(-c4ccc(C)cc4)c(-c4ccc(C)cc4)c(-c4ccc(C(C)(C)c5sc(C(C)C)cc5C)cc4)c(-c4ccc(C)cc4)c3-c3ccc(C)cc3)cc2)s1. The summed E-state index contributed by atoms with van der Waals surface area (Å²) in [6.45, 7) is 29.8. The zero-order valence-electron chi connectivity index (χ0n) is 43.1. The molecule has 7 aromatic carbocycles. The third-order valence-corrected chi connectivity index (χ3v) is 18.2. The molecule has 0 fully saturated rings. The third kappa shape index (κ3) is 9.15. The molecule has 0 saturated heterocycles. The lowest BCUT2D eigenvalue weighted by atomic mass is 9.73. The third-order valence-electron chi connectivity index (χ3n) is 14.6. The Morgan fingerprint density at radius 1 is 0.362 bits per heavy atom. The predicted molar refractivity (Wildman–Crippen MR) is 304 cm³/mol. The van der Waals surface area contributed by atoms with Crippen LogP contribution in [0.5, 0.6) is 0 Å². The molecule has 9 aromatic rings. The summed E-state index contributed by atoms with van der Waals surface area (Å²) in [6.07, 6.45) is 1.06. The molecule has 0 bridgehead atoms. The average Bonchev–Trinajstić information content (AvgIpc) is 3.95. The highest BCUT2D eigenvalue weighted by Crippen LogP contribution is 2.56. The van der Waals surface area contributed by atoms with Gasteiger partial charge in [0.25, 0.3) is 0 Å². The molecule has 2 aromatic heterocycles. The van der Waals surface area contributed by atoms with Crippen molar-refractivity contribution < 1.29 is 0 Å². The van der Waals surface area contributed by atoms with Crippen LogP contribution in [-0.4, -0.2) is 0 Å². The van der Waals surface area contributed by atoms with Crippen molar-refractivity contribution in [2.45, 2.75) is 113 Å². The van der Waals surface area contributed by atoms with Crippen LogP contribution in [0, 0.1) is 41.5 Å². The molecule has 9 rings (SSSR count). The van der Waals surface area contributed by atoms with Crippen molar-refractivity contribution in [3.05, 3.63) is 222 Å². The van der Waals surface area contributed by atoms with Gasteiger partial charge in [-0.2, -0.15) is 0 Å². The van der Waals surface area contributed by atoms with Gasteiger partial charge in [0.2, 0.25) is 0 Å². The van der Waals surface area contributed by atoms with Crippen LogP contribution in [0.25, 0.3) is 66.8 Å². The first-order valence-corrected chi connectivity index (χ1v) is 26.5. The lowest BCUT2D eigenvalue weighted by Crippen LogP contribution is -2.18. The maximum absolute atomic E-state index is 2.42. The first kappa shape index (κ1) is 48.0. The predicted octanol–water partition coefficient (Wildman–Crippen LogP) is 20.0. The van der Waals surface area contributed by atoms with E-state index < -0.39 is 0 Å². The van der Waals surface area contributed by atoms with Crippen molar-refractivity contribution >= 4 is 22.7 Å². The molecular weight excluding hydrogens is 869 g/mol. The largest absolute Gasteiger partial charge is 0.144 e. The van der Waals surface area contributed by atoms with Crippen LogP contribution in [0.15, 0.2) is 158 Å². The van der Waals surface area contributed by atoms with Crippen LogP contribution in [-0.2, 0) is 17.3 Å². The van der Waals surface area contributed by atoms with Crippen LogP contribution >= 0.6 is 22.7 Å². The first-order valence-electron chi connectivity index (χ1n) is 24.9. The van der Waals surface area contributed by atoms with Crippen molar-refractivity contribution in [1.29, 1.82) is 0 Å². The van der Waals surface area contributed by atoms with Crippen molar-refractivity contribution in [3.8, 4) is 66.8 Å². The fraction of sp³-hybridized carbons (Fsp3) is 0.254. The molecule has 0 aliphatic rings. The van der Waals surface area contributed by atoms with Gasteiger partial charge in [-0.25, -0.2) is 0 Å². The summed E-state index contributed by atoms with van der Waals surface area (Å²) in [7, 11) is 0. The molecule has 348 valence electrons. The van der Waals surface area contributed by atoms with Gasteiger partial charge in [0.1, 0.15) is 0 Å². The van der Waals surface area contributed by atoms with E-state index in [4.69, 9.17) is 0 Å². The summed E-state index contributed by atoms with van der Waals surface area (Å²) in [6, 6.07) is 61.1. The number of hydrogen-bond acceptors (Lipinski definition) is 2. The molecule has 69 heavy (non-hydrogen) atoms. The smallest absolute Gasteiger partial charge is 0.0243 e. The molecule has 0 nitrogen and oxygen atoms in total. The second kappa shape index (κ2) is 19.0. The summed E-state index contributed by atoms with van der Waals surface area (Å²) in [5.41, 5.74) is 24.8. The minimum absolute atomic E-state index is 0.149. The summed E-state index contributed by atoms with van der Waals surface area (Å²) in [5.74, 6) is 0.504. The number of thiophene rings is 2.